The standard InChI is InChI=1S/C13H21NO4/c1-12(2)7-14(5-6-18-12)10(15)8-9(11(16)17)13(8,3)4/h8-9H,5-7H2,1-4H3,(H,16,17)/t8-,9+/m1/s1. The van der Waals surface area contributed by atoms with E-state index in [1.807, 2.05) is 27.7 Å². The number of amides is 1. The lowest BCUT2D eigenvalue weighted by Gasteiger charge is -2.38. The van der Waals surface area contributed by atoms with Crippen LogP contribution in [0, 0.1) is 17.3 Å². The Labute approximate surface area is 107 Å². The van der Waals surface area contributed by atoms with Crippen molar-refractivity contribution in [2.75, 3.05) is 19.7 Å². The minimum atomic E-state index is -0.870. The maximum absolute atomic E-state index is 12.4. The first-order chi connectivity index (χ1) is 8.17. The normalized spacial score (nSPS) is 33.0. The molecule has 1 aliphatic heterocycles. The van der Waals surface area contributed by atoms with Gasteiger partial charge >= 0.3 is 5.97 Å². The minimum Gasteiger partial charge on any atom is -0.481 e. The molecule has 1 N–H and O–H groups in total. The third-order valence-corrected chi connectivity index (χ3v) is 4.10. The summed E-state index contributed by atoms with van der Waals surface area (Å²) in [5.41, 5.74) is -0.767. The summed E-state index contributed by atoms with van der Waals surface area (Å²) in [5.74, 6) is -1.84. The summed E-state index contributed by atoms with van der Waals surface area (Å²) in [6.07, 6.45) is 0. The third kappa shape index (κ3) is 2.11. The number of carbonyl (C=O) groups excluding carboxylic acids is 1. The number of hydrogen-bond donors (Lipinski definition) is 1. The molecule has 0 aromatic heterocycles. The summed E-state index contributed by atoms with van der Waals surface area (Å²) < 4.78 is 5.56. The molecule has 0 spiro atoms. The summed E-state index contributed by atoms with van der Waals surface area (Å²) in [6, 6.07) is 0. The molecule has 18 heavy (non-hydrogen) atoms. The van der Waals surface area contributed by atoms with Gasteiger partial charge in [-0.15, -0.1) is 0 Å². The molecule has 0 aromatic carbocycles. The fraction of sp³-hybridized carbons (Fsp3) is 0.846. The van der Waals surface area contributed by atoms with Crippen molar-refractivity contribution in [3.63, 3.8) is 0 Å². The molecule has 1 saturated heterocycles. The molecule has 5 nitrogen and oxygen atoms in total. The Balaban J connectivity index is 2.07. The van der Waals surface area contributed by atoms with Gasteiger partial charge in [0.2, 0.25) is 5.91 Å². The number of aliphatic carboxylic acids is 1. The van der Waals surface area contributed by atoms with Gasteiger partial charge in [-0.2, -0.15) is 0 Å². The minimum absolute atomic E-state index is 0.0382. The quantitative estimate of drug-likeness (QED) is 0.798. The largest absolute Gasteiger partial charge is 0.481 e. The van der Waals surface area contributed by atoms with Crippen LogP contribution in [0.2, 0.25) is 0 Å². The van der Waals surface area contributed by atoms with Crippen LogP contribution < -0.4 is 0 Å². The highest BCUT2D eigenvalue weighted by molar-refractivity contribution is 5.91. The smallest absolute Gasteiger partial charge is 0.307 e. The number of rotatable bonds is 2. The molecule has 1 amide bonds. The first kappa shape index (κ1) is 13.3. The van der Waals surface area contributed by atoms with Gasteiger partial charge in [-0.05, 0) is 19.3 Å². The monoisotopic (exact) mass is 255 g/mol. The molecule has 1 saturated carbocycles. The Bertz CT molecular complexity index is 388. The molecule has 0 aromatic rings. The number of hydrogen-bond acceptors (Lipinski definition) is 3. The number of carbonyl (C=O) groups is 2. The van der Waals surface area contributed by atoms with Crippen LogP contribution in [0.1, 0.15) is 27.7 Å². The summed E-state index contributed by atoms with van der Waals surface area (Å²) in [7, 11) is 0. The van der Waals surface area contributed by atoms with Gasteiger partial charge in [0.05, 0.1) is 24.0 Å². The molecule has 1 aliphatic carbocycles. The first-order valence-electron chi connectivity index (χ1n) is 6.32. The number of nitrogens with zero attached hydrogens (tertiary/aromatic N) is 1. The van der Waals surface area contributed by atoms with Gasteiger partial charge in [0.25, 0.3) is 0 Å². The van der Waals surface area contributed by atoms with E-state index in [9.17, 15) is 9.59 Å². The number of morpholine rings is 1. The number of ether oxygens (including phenoxy) is 1. The van der Waals surface area contributed by atoms with Crippen LogP contribution in [0.3, 0.4) is 0 Å². The van der Waals surface area contributed by atoms with Crippen molar-refractivity contribution in [3.05, 3.63) is 0 Å². The molecule has 0 unspecified atom stereocenters. The van der Waals surface area contributed by atoms with Gasteiger partial charge in [0, 0.05) is 13.1 Å². The Morgan fingerprint density at radius 3 is 2.28 bits per heavy atom. The van der Waals surface area contributed by atoms with Gasteiger partial charge in [-0.3, -0.25) is 9.59 Å². The molecular formula is C13H21NO4. The van der Waals surface area contributed by atoms with E-state index in [-0.39, 0.29) is 17.4 Å². The average Bonchev–Trinajstić information content (AvgIpc) is 2.79. The fourth-order valence-corrected chi connectivity index (χ4v) is 2.96. The van der Waals surface area contributed by atoms with Crippen LogP contribution in [-0.4, -0.2) is 47.2 Å². The molecule has 0 bridgehead atoms. The molecule has 5 heteroatoms. The molecule has 2 atom stereocenters. The molecular weight excluding hydrogens is 234 g/mol. The predicted molar refractivity (Wildman–Crippen MR) is 65.0 cm³/mol. The second-order valence-electron chi connectivity index (χ2n) is 6.48. The topological polar surface area (TPSA) is 66.8 Å². The number of carboxylic acids is 1. The van der Waals surface area contributed by atoms with Crippen molar-refractivity contribution in [2.24, 2.45) is 17.3 Å². The van der Waals surface area contributed by atoms with E-state index in [0.717, 1.165) is 0 Å². The molecule has 1 heterocycles. The predicted octanol–water partition coefficient (Wildman–Crippen LogP) is 0.981. The van der Waals surface area contributed by atoms with E-state index in [2.05, 4.69) is 0 Å². The summed E-state index contributed by atoms with van der Waals surface area (Å²) in [5, 5.41) is 9.11. The Hall–Kier alpha value is -1.10. The highest BCUT2D eigenvalue weighted by Gasteiger charge is 2.66. The van der Waals surface area contributed by atoms with Crippen LogP contribution in [0.25, 0.3) is 0 Å². The summed E-state index contributed by atoms with van der Waals surface area (Å²) in [4.78, 5) is 25.2. The van der Waals surface area contributed by atoms with E-state index in [1.165, 1.54) is 0 Å². The van der Waals surface area contributed by atoms with Gasteiger partial charge in [0.15, 0.2) is 0 Å². The highest BCUT2D eigenvalue weighted by Crippen LogP contribution is 2.59. The molecule has 102 valence electrons. The zero-order valence-electron chi connectivity index (χ0n) is 11.4. The van der Waals surface area contributed by atoms with Gasteiger partial charge < -0.3 is 14.7 Å². The Morgan fingerprint density at radius 2 is 1.83 bits per heavy atom. The van der Waals surface area contributed by atoms with Gasteiger partial charge in [-0.1, -0.05) is 13.8 Å². The van der Waals surface area contributed by atoms with Crippen molar-refractivity contribution in [3.8, 4) is 0 Å². The van der Waals surface area contributed by atoms with Crippen molar-refractivity contribution < 1.29 is 19.4 Å². The van der Waals surface area contributed by atoms with E-state index in [0.29, 0.717) is 19.7 Å². The lowest BCUT2D eigenvalue weighted by molar-refractivity contribution is -0.150. The van der Waals surface area contributed by atoms with E-state index >= 15 is 0 Å². The summed E-state index contributed by atoms with van der Waals surface area (Å²) >= 11 is 0. The van der Waals surface area contributed by atoms with Crippen molar-refractivity contribution in [2.45, 2.75) is 33.3 Å². The zero-order chi connectivity index (χ0) is 13.7. The second kappa shape index (κ2) is 3.95. The van der Waals surface area contributed by atoms with E-state index in [1.54, 1.807) is 4.90 Å². The van der Waals surface area contributed by atoms with Crippen molar-refractivity contribution in [1.29, 1.82) is 0 Å². The van der Waals surface area contributed by atoms with Crippen LogP contribution in [0.15, 0.2) is 0 Å². The molecule has 2 fully saturated rings. The van der Waals surface area contributed by atoms with E-state index < -0.39 is 17.3 Å². The fourth-order valence-electron chi connectivity index (χ4n) is 2.96. The maximum Gasteiger partial charge on any atom is 0.307 e. The highest BCUT2D eigenvalue weighted by atomic mass is 16.5. The molecule has 0 radical (unpaired) electrons. The zero-order valence-corrected chi connectivity index (χ0v) is 11.4. The molecule has 2 rings (SSSR count). The Kier molecular flexibility index (Phi) is 2.93. The maximum atomic E-state index is 12.4. The number of carboxylic acid groups (broad SMARTS) is 1. The van der Waals surface area contributed by atoms with Crippen molar-refractivity contribution in [1.82, 2.24) is 4.90 Å². The van der Waals surface area contributed by atoms with Crippen LogP contribution in [-0.2, 0) is 14.3 Å². The van der Waals surface area contributed by atoms with E-state index in [4.69, 9.17) is 9.84 Å². The van der Waals surface area contributed by atoms with Crippen molar-refractivity contribution >= 4 is 11.9 Å². The first-order valence-corrected chi connectivity index (χ1v) is 6.32. The van der Waals surface area contributed by atoms with Crippen LogP contribution >= 0.6 is 0 Å². The summed E-state index contributed by atoms with van der Waals surface area (Å²) in [6.45, 7) is 9.19. The third-order valence-electron chi connectivity index (χ3n) is 4.10. The van der Waals surface area contributed by atoms with Crippen LogP contribution in [0.5, 0.6) is 0 Å². The lowest BCUT2D eigenvalue weighted by Crippen LogP contribution is -2.51. The Morgan fingerprint density at radius 1 is 1.22 bits per heavy atom. The average molecular weight is 255 g/mol. The van der Waals surface area contributed by atoms with Gasteiger partial charge in [0.1, 0.15) is 0 Å². The SMILES string of the molecule is CC1(C)CN(C(=O)[C@H]2[C@@H](C(=O)O)C2(C)C)CCO1. The molecule has 2 aliphatic rings. The lowest BCUT2D eigenvalue weighted by atomic mass is 10.1. The second-order valence-corrected chi connectivity index (χ2v) is 6.48. The van der Waals surface area contributed by atoms with Gasteiger partial charge in [-0.25, -0.2) is 0 Å². The van der Waals surface area contributed by atoms with Crippen LogP contribution in [0.4, 0.5) is 0 Å².